The number of esters is 1. The summed E-state index contributed by atoms with van der Waals surface area (Å²) in [5, 5.41) is 0. The molecule has 0 spiro atoms. The van der Waals surface area contributed by atoms with E-state index in [0.29, 0.717) is 24.1 Å². The van der Waals surface area contributed by atoms with Gasteiger partial charge in [0, 0.05) is 13.0 Å². The average Bonchev–Trinajstić information content (AvgIpc) is 3.27. The van der Waals surface area contributed by atoms with Gasteiger partial charge < -0.3 is 27.9 Å². The van der Waals surface area contributed by atoms with Crippen molar-refractivity contribution in [1.82, 2.24) is 0 Å². The summed E-state index contributed by atoms with van der Waals surface area (Å²) in [7, 11) is 1.35. The van der Waals surface area contributed by atoms with Gasteiger partial charge in [0.1, 0.15) is 19.3 Å². The molecule has 0 bridgehead atoms. The second kappa shape index (κ2) is 48.6. The van der Waals surface area contributed by atoms with Crippen molar-refractivity contribution < 1.29 is 37.3 Å². The summed E-state index contributed by atoms with van der Waals surface area (Å²) < 4.78 is 34.8. The number of hydrogen-bond acceptors (Lipinski definition) is 7. The van der Waals surface area contributed by atoms with Crippen molar-refractivity contribution in [2.24, 2.45) is 0 Å². The smallest absolute Gasteiger partial charge is 0.306 e. The molecule has 8 nitrogen and oxygen atoms in total. The second-order valence-corrected chi connectivity index (χ2v) is 20.6. The third-order valence-corrected chi connectivity index (χ3v) is 12.5. The molecule has 0 saturated carbocycles. The third kappa shape index (κ3) is 53.0. The molecule has 0 aromatic carbocycles. The highest BCUT2D eigenvalue weighted by atomic mass is 31.2. The average molecular weight is 934 g/mol. The second-order valence-electron chi connectivity index (χ2n) is 19.2. The maximum atomic E-state index is 12.8. The maximum absolute atomic E-state index is 12.8. The topological polar surface area (TPSA) is 94.1 Å². The number of allylic oxidation sites excluding steroid dienone is 10. The number of unbranched alkanes of at least 4 members (excludes halogenated alkanes) is 26. The SMILES string of the molecule is CC/C=C\C/C=C\C/C=C\C/C=C\C/C=C\CCCCCCCCCC(=O)OC(COCCCCCCCCCCCCCCCCCCCCCC)COP(=O)([O-])OCC[N+](C)(C)C. The molecule has 0 heterocycles. The minimum atomic E-state index is -4.54. The van der Waals surface area contributed by atoms with Crippen molar-refractivity contribution in [2.45, 2.75) is 238 Å². The van der Waals surface area contributed by atoms with Crippen LogP contribution in [0.3, 0.4) is 0 Å². The molecule has 65 heavy (non-hydrogen) atoms. The maximum Gasteiger partial charge on any atom is 0.306 e. The Hall–Kier alpha value is -1.80. The summed E-state index contributed by atoms with van der Waals surface area (Å²) >= 11 is 0. The van der Waals surface area contributed by atoms with Crippen LogP contribution < -0.4 is 4.89 Å². The number of hydrogen-bond donors (Lipinski definition) is 0. The molecule has 2 atom stereocenters. The van der Waals surface area contributed by atoms with E-state index in [1.165, 1.54) is 135 Å². The Morgan fingerprint density at radius 1 is 0.492 bits per heavy atom. The predicted octanol–water partition coefficient (Wildman–Crippen LogP) is 16.2. The summed E-state index contributed by atoms with van der Waals surface area (Å²) in [6.45, 7) is 5.32. The van der Waals surface area contributed by atoms with E-state index in [1.54, 1.807) is 0 Å². The van der Waals surface area contributed by atoms with E-state index < -0.39 is 13.9 Å². The fraction of sp³-hybridized carbons (Fsp3) is 0.804. The Kier molecular flexibility index (Phi) is 47.3. The highest BCUT2D eigenvalue weighted by molar-refractivity contribution is 7.45. The van der Waals surface area contributed by atoms with Crippen molar-refractivity contribution in [2.75, 3.05) is 54.1 Å². The highest BCUT2D eigenvalue weighted by Crippen LogP contribution is 2.38. The quantitative estimate of drug-likeness (QED) is 0.0197. The van der Waals surface area contributed by atoms with Crippen molar-refractivity contribution in [3.63, 3.8) is 0 Å². The fourth-order valence-corrected chi connectivity index (χ4v) is 8.19. The van der Waals surface area contributed by atoms with Crippen molar-refractivity contribution >= 4 is 13.8 Å². The van der Waals surface area contributed by atoms with E-state index in [9.17, 15) is 14.3 Å². The molecule has 0 N–H and O–H groups in total. The number of rotatable bonds is 50. The van der Waals surface area contributed by atoms with E-state index in [1.807, 2.05) is 21.1 Å². The molecule has 0 aliphatic rings. The lowest BCUT2D eigenvalue weighted by molar-refractivity contribution is -0.870. The fourth-order valence-electron chi connectivity index (χ4n) is 7.46. The Labute approximate surface area is 402 Å². The zero-order valence-electron chi connectivity index (χ0n) is 43.2. The predicted molar refractivity (Wildman–Crippen MR) is 277 cm³/mol. The number of ether oxygens (including phenoxy) is 2. The summed E-state index contributed by atoms with van der Waals surface area (Å²) in [6, 6.07) is 0. The van der Waals surface area contributed by atoms with Crippen LogP contribution in [-0.2, 0) is 27.9 Å². The zero-order chi connectivity index (χ0) is 47.6. The van der Waals surface area contributed by atoms with Gasteiger partial charge in [0.15, 0.2) is 0 Å². The molecule has 0 aromatic heterocycles. The summed E-state index contributed by atoms with van der Waals surface area (Å²) in [5.41, 5.74) is 0. The monoisotopic (exact) mass is 934 g/mol. The summed E-state index contributed by atoms with van der Waals surface area (Å²) in [5.74, 6) is -0.343. The first-order valence-corrected chi connectivity index (χ1v) is 28.5. The number of likely N-dealkylation sites (N-methyl/N-ethyl adjacent to an activating group) is 1. The summed E-state index contributed by atoms with van der Waals surface area (Å²) in [4.78, 5) is 25.2. The standard InChI is InChI=1S/C56H104NO7P/c1-6-8-10-12-14-16-18-20-22-24-26-28-29-30-31-33-35-37-39-41-43-45-47-49-56(58)64-55(54-63-65(59,60)62-52-50-57(3,4)5)53-61-51-48-46-44-42-40-38-36-34-32-27-25-23-21-19-17-15-13-11-9-7-2/h8,10,14,16,20,22,26,28,30-31,55H,6-7,9,11-13,15,17-19,21,23-25,27,29,32-54H2,1-5H3/b10-8-,16-14-,22-20-,28-26-,31-30-. The van der Waals surface area contributed by atoms with Gasteiger partial charge in [-0.15, -0.1) is 0 Å². The lowest BCUT2D eigenvalue weighted by atomic mass is 10.0. The molecule has 0 aromatic rings. The lowest BCUT2D eigenvalue weighted by Crippen LogP contribution is -2.37. The molecule has 0 aliphatic carbocycles. The number of phosphoric ester groups is 1. The van der Waals surface area contributed by atoms with Gasteiger partial charge in [-0.1, -0.05) is 229 Å². The number of carbonyl (C=O) groups excluding carboxylic acids is 1. The first-order valence-electron chi connectivity index (χ1n) is 27.0. The molecular weight excluding hydrogens is 830 g/mol. The van der Waals surface area contributed by atoms with Crippen molar-refractivity contribution in [1.29, 1.82) is 0 Å². The van der Waals surface area contributed by atoms with Crippen LogP contribution in [0.4, 0.5) is 0 Å². The van der Waals surface area contributed by atoms with Crippen molar-refractivity contribution in [3.8, 4) is 0 Å². The molecule has 0 fully saturated rings. The molecule has 0 aliphatic heterocycles. The van der Waals surface area contributed by atoms with Gasteiger partial charge in [-0.25, -0.2) is 0 Å². The molecule has 2 unspecified atom stereocenters. The molecule has 0 rings (SSSR count). The Balaban J connectivity index is 4.14. The van der Waals surface area contributed by atoms with E-state index in [0.717, 1.165) is 77.0 Å². The minimum Gasteiger partial charge on any atom is -0.756 e. The van der Waals surface area contributed by atoms with Gasteiger partial charge in [-0.3, -0.25) is 9.36 Å². The normalized spacial score (nSPS) is 14.0. The lowest BCUT2D eigenvalue weighted by Gasteiger charge is -2.28. The van der Waals surface area contributed by atoms with E-state index in [4.69, 9.17) is 18.5 Å². The van der Waals surface area contributed by atoms with Crippen LogP contribution in [0, 0.1) is 0 Å². The molecule has 380 valence electrons. The number of quaternary nitrogens is 1. The van der Waals surface area contributed by atoms with Gasteiger partial charge >= 0.3 is 5.97 Å². The Morgan fingerprint density at radius 2 is 0.892 bits per heavy atom. The van der Waals surface area contributed by atoms with Crippen LogP contribution in [0.2, 0.25) is 0 Å². The zero-order valence-corrected chi connectivity index (χ0v) is 44.1. The van der Waals surface area contributed by atoms with E-state index in [-0.39, 0.29) is 25.8 Å². The largest absolute Gasteiger partial charge is 0.756 e. The molecule has 9 heteroatoms. The number of carbonyl (C=O) groups is 1. The van der Waals surface area contributed by atoms with E-state index in [2.05, 4.69) is 74.6 Å². The minimum absolute atomic E-state index is 0.0228. The molecular formula is C56H104NO7P. The van der Waals surface area contributed by atoms with Gasteiger partial charge in [-0.2, -0.15) is 0 Å². The first kappa shape index (κ1) is 63.2. The van der Waals surface area contributed by atoms with Gasteiger partial charge in [0.2, 0.25) is 0 Å². The Bertz CT molecular complexity index is 1220. The van der Waals surface area contributed by atoms with Crippen LogP contribution in [-0.4, -0.2) is 70.7 Å². The van der Waals surface area contributed by atoms with E-state index >= 15 is 0 Å². The van der Waals surface area contributed by atoms with Gasteiger partial charge in [0.25, 0.3) is 7.82 Å². The highest BCUT2D eigenvalue weighted by Gasteiger charge is 2.20. The number of nitrogens with zero attached hydrogens (tertiary/aromatic N) is 1. The molecule has 0 amide bonds. The molecule has 0 radical (unpaired) electrons. The van der Waals surface area contributed by atoms with Crippen molar-refractivity contribution in [3.05, 3.63) is 60.8 Å². The third-order valence-electron chi connectivity index (χ3n) is 11.6. The van der Waals surface area contributed by atoms with Gasteiger partial charge in [0.05, 0.1) is 34.4 Å². The van der Waals surface area contributed by atoms with Gasteiger partial charge in [-0.05, 0) is 57.8 Å². The van der Waals surface area contributed by atoms with Crippen LogP contribution in [0.5, 0.6) is 0 Å². The molecule has 0 saturated heterocycles. The van der Waals surface area contributed by atoms with Crippen LogP contribution >= 0.6 is 7.82 Å². The Morgan fingerprint density at radius 3 is 1.34 bits per heavy atom. The number of phosphoric acid groups is 1. The summed E-state index contributed by atoms with van der Waals surface area (Å²) in [6.07, 6.45) is 62.5. The van der Waals surface area contributed by atoms with Crippen LogP contribution in [0.1, 0.15) is 232 Å². The first-order chi connectivity index (χ1) is 31.6. The van der Waals surface area contributed by atoms with Crippen LogP contribution in [0.15, 0.2) is 60.8 Å². The van der Waals surface area contributed by atoms with Crippen LogP contribution in [0.25, 0.3) is 0 Å².